The molecule has 0 amide bonds. The van der Waals surface area contributed by atoms with Crippen molar-refractivity contribution in [1.29, 1.82) is 0 Å². The lowest BCUT2D eigenvalue weighted by Crippen LogP contribution is -2.16. The van der Waals surface area contributed by atoms with Gasteiger partial charge in [-0.05, 0) is 64.3 Å². The Kier molecular flexibility index (Phi) is 5.28. The number of likely N-dealkylation sites (tertiary alicyclic amines) is 1. The molecule has 3 rings (SSSR count). The average molecular weight is 341 g/mol. The SMILES string of the molecule is Cc1cc(C)c(-n2nc(CCC(C)C)nc2C2CCN(C)C2)c(C)c1. The molecule has 2 heterocycles. The normalized spacial score (nSPS) is 18.4. The molecule has 2 aromatic rings. The minimum absolute atomic E-state index is 0.477. The van der Waals surface area contributed by atoms with Crippen molar-refractivity contribution in [2.45, 2.75) is 59.8 Å². The smallest absolute Gasteiger partial charge is 0.151 e. The van der Waals surface area contributed by atoms with Gasteiger partial charge in [-0.15, -0.1) is 0 Å². The molecule has 0 bridgehead atoms. The van der Waals surface area contributed by atoms with Gasteiger partial charge >= 0.3 is 0 Å². The van der Waals surface area contributed by atoms with E-state index in [-0.39, 0.29) is 0 Å². The molecule has 1 aliphatic heterocycles. The summed E-state index contributed by atoms with van der Waals surface area (Å²) in [6, 6.07) is 4.50. The summed E-state index contributed by atoms with van der Waals surface area (Å²) in [5.74, 6) is 3.30. The summed E-state index contributed by atoms with van der Waals surface area (Å²) in [5, 5.41) is 4.96. The lowest BCUT2D eigenvalue weighted by Gasteiger charge is -2.16. The third-order valence-corrected chi connectivity index (χ3v) is 5.23. The second-order valence-corrected chi connectivity index (χ2v) is 8.23. The lowest BCUT2D eigenvalue weighted by molar-refractivity contribution is 0.408. The highest BCUT2D eigenvalue weighted by Crippen LogP contribution is 2.29. The molecule has 4 heteroatoms. The van der Waals surface area contributed by atoms with Gasteiger partial charge in [0.25, 0.3) is 0 Å². The van der Waals surface area contributed by atoms with E-state index in [1.165, 1.54) is 28.8 Å². The second kappa shape index (κ2) is 7.28. The van der Waals surface area contributed by atoms with Crippen LogP contribution >= 0.6 is 0 Å². The summed E-state index contributed by atoms with van der Waals surface area (Å²) in [6.07, 6.45) is 3.27. The van der Waals surface area contributed by atoms with Crippen LogP contribution in [0.3, 0.4) is 0 Å². The zero-order valence-corrected chi connectivity index (χ0v) is 16.6. The monoisotopic (exact) mass is 340 g/mol. The topological polar surface area (TPSA) is 34.0 Å². The van der Waals surface area contributed by atoms with Gasteiger partial charge < -0.3 is 4.90 Å². The quantitative estimate of drug-likeness (QED) is 0.818. The fraction of sp³-hybridized carbons (Fsp3) is 0.619. The fourth-order valence-electron chi connectivity index (χ4n) is 3.97. The number of aryl methyl sites for hydroxylation is 4. The number of hydrogen-bond acceptors (Lipinski definition) is 3. The Balaban J connectivity index is 2.04. The molecular formula is C21H32N4. The fourth-order valence-corrected chi connectivity index (χ4v) is 3.97. The predicted molar refractivity (Wildman–Crippen MR) is 104 cm³/mol. The maximum absolute atomic E-state index is 5.00. The van der Waals surface area contributed by atoms with Crippen LogP contribution in [-0.2, 0) is 6.42 Å². The zero-order chi connectivity index (χ0) is 18.1. The Morgan fingerprint density at radius 2 is 1.84 bits per heavy atom. The van der Waals surface area contributed by atoms with Crippen molar-refractivity contribution in [2.75, 3.05) is 20.1 Å². The van der Waals surface area contributed by atoms with Crippen LogP contribution < -0.4 is 0 Å². The largest absolute Gasteiger partial charge is 0.306 e. The summed E-state index contributed by atoms with van der Waals surface area (Å²) in [5.41, 5.74) is 5.09. The van der Waals surface area contributed by atoms with Crippen LogP contribution in [0.5, 0.6) is 0 Å². The van der Waals surface area contributed by atoms with Gasteiger partial charge in [-0.2, -0.15) is 5.10 Å². The summed E-state index contributed by atoms with van der Waals surface area (Å²) < 4.78 is 2.16. The van der Waals surface area contributed by atoms with Crippen molar-refractivity contribution in [3.63, 3.8) is 0 Å². The molecule has 4 nitrogen and oxygen atoms in total. The summed E-state index contributed by atoms with van der Waals surface area (Å²) in [4.78, 5) is 7.40. The molecule has 1 atom stereocenters. The van der Waals surface area contributed by atoms with E-state index in [1.54, 1.807) is 0 Å². The van der Waals surface area contributed by atoms with Gasteiger partial charge in [0.15, 0.2) is 5.82 Å². The molecule has 0 aliphatic carbocycles. The highest BCUT2D eigenvalue weighted by atomic mass is 15.4. The minimum Gasteiger partial charge on any atom is -0.306 e. The highest BCUT2D eigenvalue weighted by molar-refractivity contribution is 5.49. The van der Waals surface area contributed by atoms with Crippen molar-refractivity contribution < 1.29 is 0 Å². The first kappa shape index (κ1) is 18.1. The Hall–Kier alpha value is -1.68. The van der Waals surface area contributed by atoms with E-state index in [9.17, 15) is 0 Å². The van der Waals surface area contributed by atoms with Gasteiger partial charge in [0, 0.05) is 18.9 Å². The van der Waals surface area contributed by atoms with Crippen LogP contribution in [0.15, 0.2) is 12.1 Å². The molecule has 0 spiro atoms. The Bertz CT molecular complexity index is 721. The van der Waals surface area contributed by atoms with E-state index < -0.39 is 0 Å². The van der Waals surface area contributed by atoms with E-state index in [2.05, 4.69) is 63.4 Å². The third kappa shape index (κ3) is 3.95. The van der Waals surface area contributed by atoms with Gasteiger partial charge in [0.1, 0.15) is 5.82 Å². The van der Waals surface area contributed by atoms with Gasteiger partial charge in [-0.1, -0.05) is 31.5 Å². The van der Waals surface area contributed by atoms with Gasteiger partial charge in [-0.3, -0.25) is 0 Å². The van der Waals surface area contributed by atoms with Crippen molar-refractivity contribution in [3.8, 4) is 5.69 Å². The molecule has 25 heavy (non-hydrogen) atoms. The Morgan fingerprint density at radius 1 is 1.16 bits per heavy atom. The number of hydrogen-bond donors (Lipinski definition) is 0. The van der Waals surface area contributed by atoms with Gasteiger partial charge in [-0.25, -0.2) is 9.67 Å². The van der Waals surface area contributed by atoms with E-state index in [1.807, 2.05) is 0 Å². The molecule has 0 saturated carbocycles. The summed E-state index contributed by atoms with van der Waals surface area (Å²) in [6.45, 7) is 13.3. The van der Waals surface area contributed by atoms with Crippen LogP contribution in [0.2, 0.25) is 0 Å². The third-order valence-electron chi connectivity index (χ3n) is 5.23. The van der Waals surface area contributed by atoms with E-state index in [0.29, 0.717) is 11.8 Å². The Morgan fingerprint density at radius 3 is 2.40 bits per heavy atom. The van der Waals surface area contributed by atoms with Crippen LogP contribution in [0.1, 0.15) is 60.9 Å². The van der Waals surface area contributed by atoms with Gasteiger partial charge in [0.05, 0.1) is 5.69 Å². The number of nitrogens with zero attached hydrogens (tertiary/aromatic N) is 4. The van der Waals surface area contributed by atoms with Crippen LogP contribution in [0.4, 0.5) is 0 Å². The van der Waals surface area contributed by atoms with Crippen molar-refractivity contribution >= 4 is 0 Å². The van der Waals surface area contributed by atoms with Crippen LogP contribution in [-0.4, -0.2) is 39.8 Å². The first-order valence-corrected chi connectivity index (χ1v) is 9.57. The molecule has 1 unspecified atom stereocenters. The molecule has 1 fully saturated rings. The first-order valence-electron chi connectivity index (χ1n) is 9.57. The van der Waals surface area contributed by atoms with Crippen molar-refractivity contribution in [1.82, 2.24) is 19.7 Å². The molecule has 136 valence electrons. The standard InChI is InChI=1S/C21H32N4/c1-14(2)7-8-19-22-21(18-9-10-24(6)13-18)25(23-19)20-16(4)11-15(3)12-17(20)5/h11-12,14,18H,7-10,13H2,1-6H3. The average Bonchev–Trinajstić information content (AvgIpc) is 3.10. The lowest BCUT2D eigenvalue weighted by atomic mass is 10.0. The predicted octanol–water partition coefficient (Wildman–Crippen LogP) is 4.20. The van der Waals surface area contributed by atoms with E-state index in [0.717, 1.165) is 37.6 Å². The molecule has 0 radical (unpaired) electrons. The van der Waals surface area contributed by atoms with Crippen LogP contribution in [0, 0.1) is 26.7 Å². The van der Waals surface area contributed by atoms with Crippen LogP contribution in [0.25, 0.3) is 5.69 Å². The molecule has 1 aromatic carbocycles. The molecule has 0 N–H and O–H groups in total. The molecule has 1 aromatic heterocycles. The van der Waals surface area contributed by atoms with E-state index in [4.69, 9.17) is 10.1 Å². The maximum atomic E-state index is 5.00. The first-order chi connectivity index (χ1) is 11.8. The number of benzene rings is 1. The number of aromatic nitrogens is 3. The summed E-state index contributed by atoms with van der Waals surface area (Å²) in [7, 11) is 2.20. The number of likely N-dealkylation sites (N-methyl/N-ethyl adjacent to an activating group) is 1. The molecule has 1 saturated heterocycles. The van der Waals surface area contributed by atoms with Crippen molar-refractivity contribution in [2.24, 2.45) is 5.92 Å². The minimum atomic E-state index is 0.477. The summed E-state index contributed by atoms with van der Waals surface area (Å²) >= 11 is 0. The second-order valence-electron chi connectivity index (χ2n) is 8.23. The highest BCUT2D eigenvalue weighted by Gasteiger charge is 2.28. The zero-order valence-electron chi connectivity index (χ0n) is 16.6. The molecule has 1 aliphatic rings. The van der Waals surface area contributed by atoms with Crippen molar-refractivity contribution in [3.05, 3.63) is 40.5 Å². The molecular weight excluding hydrogens is 308 g/mol. The van der Waals surface area contributed by atoms with E-state index >= 15 is 0 Å². The Labute approximate surface area is 152 Å². The maximum Gasteiger partial charge on any atom is 0.151 e. The number of rotatable bonds is 5. The van der Waals surface area contributed by atoms with Gasteiger partial charge in [0.2, 0.25) is 0 Å².